The van der Waals surface area contributed by atoms with Gasteiger partial charge in [0, 0.05) is 17.5 Å². The van der Waals surface area contributed by atoms with Gasteiger partial charge in [0.1, 0.15) is 11.3 Å². The van der Waals surface area contributed by atoms with E-state index >= 15 is 0 Å². The lowest BCUT2D eigenvalue weighted by Crippen LogP contribution is -2.36. The van der Waals surface area contributed by atoms with Crippen molar-refractivity contribution in [2.45, 2.75) is 26.8 Å². The van der Waals surface area contributed by atoms with Gasteiger partial charge in [-0.1, -0.05) is 13.8 Å². The lowest BCUT2D eigenvalue weighted by Gasteiger charge is -2.25. The summed E-state index contributed by atoms with van der Waals surface area (Å²) in [7, 11) is 0. The number of carboxylic acids is 1. The van der Waals surface area contributed by atoms with Gasteiger partial charge in [0.2, 0.25) is 0 Å². The summed E-state index contributed by atoms with van der Waals surface area (Å²) < 4.78 is 11.0. The highest BCUT2D eigenvalue weighted by molar-refractivity contribution is 5.94. The summed E-state index contributed by atoms with van der Waals surface area (Å²) in [6.45, 7) is 5.29. The van der Waals surface area contributed by atoms with Crippen molar-refractivity contribution >= 4 is 23.0 Å². The van der Waals surface area contributed by atoms with E-state index < -0.39 is 5.97 Å². The number of aromatic carboxylic acids is 1. The zero-order valence-corrected chi connectivity index (χ0v) is 13.2. The van der Waals surface area contributed by atoms with Crippen LogP contribution in [0, 0.1) is 5.92 Å². The number of furan rings is 1. The summed E-state index contributed by atoms with van der Waals surface area (Å²) in [6.07, 6.45) is 0.335. The Balaban J connectivity index is 1.82. The first-order chi connectivity index (χ1) is 11.0. The van der Waals surface area contributed by atoms with E-state index in [-0.39, 0.29) is 11.7 Å². The van der Waals surface area contributed by atoms with Crippen molar-refractivity contribution in [2.24, 2.45) is 5.92 Å². The van der Waals surface area contributed by atoms with Crippen LogP contribution in [0.2, 0.25) is 0 Å². The Hall–Kier alpha value is -2.50. The number of benzene rings is 1. The number of fused-ring (bicyclic) bond motifs is 3. The molecule has 0 atom stereocenters. The Morgan fingerprint density at radius 2 is 2.17 bits per heavy atom. The van der Waals surface area contributed by atoms with Crippen molar-refractivity contribution in [3.63, 3.8) is 0 Å². The Kier molecular flexibility index (Phi) is 3.98. The van der Waals surface area contributed by atoms with Crippen LogP contribution in [0.4, 0.5) is 4.79 Å². The van der Waals surface area contributed by atoms with Gasteiger partial charge in [-0.2, -0.15) is 0 Å². The largest absolute Gasteiger partial charge is 0.478 e. The Morgan fingerprint density at radius 1 is 1.39 bits per heavy atom. The number of carboxylic acid groups (broad SMARTS) is 1. The standard InChI is InChI=1S/C17H19NO5/c1-10(2)9-22-17(21)18-6-5-13-12-4-3-11(16(19)20)7-14(12)23-15(13)8-18/h3-4,7,10H,5-6,8-9H2,1-2H3,(H,19,20). The fourth-order valence-corrected chi connectivity index (χ4v) is 2.72. The molecule has 3 rings (SSSR count). The molecule has 0 radical (unpaired) electrons. The molecule has 2 aromatic rings. The Morgan fingerprint density at radius 3 is 2.87 bits per heavy atom. The number of hydrogen-bond donors (Lipinski definition) is 1. The van der Waals surface area contributed by atoms with Crippen molar-refractivity contribution in [3.05, 3.63) is 35.1 Å². The number of nitrogens with zero attached hydrogens (tertiary/aromatic N) is 1. The molecular weight excluding hydrogens is 298 g/mol. The van der Waals surface area contributed by atoms with E-state index in [2.05, 4.69) is 0 Å². The molecule has 0 aliphatic carbocycles. The van der Waals surface area contributed by atoms with Gasteiger partial charge in [0.05, 0.1) is 18.7 Å². The molecule has 0 unspecified atom stereocenters. The highest BCUT2D eigenvalue weighted by Gasteiger charge is 2.26. The average molecular weight is 317 g/mol. The molecule has 2 heterocycles. The van der Waals surface area contributed by atoms with Gasteiger partial charge in [-0.05, 0) is 30.5 Å². The van der Waals surface area contributed by atoms with E-state index in [1.54, 1.807) is 17.0 Å². The number of rotatable bonds is 3. The quantitative estimate of drug-likeness (QED) is 0.939. The summed E-state index contributed by atoms with van der Waals surface area (Å²) in [4.78, 5) is 24.7. The van der Waals surface area contributed by atoms with Gasteiger partial charge in [-0.15, -0.1) is 0 Å². The molecule has 0 saturated heterocycles. The van der Waals surface area contributed by atoms with Crippen LogP contribution in [0.5, 0.6) is 0 Å². The van der Waals surface area contributed by atoms with Crippen LogP contribution in [0.3, 0.4) is 0 Å². The van der Waals surface area contributed by atoms with Gasteiger partial charge in [-0.3, -0.25) is 0 Å². The van der Waals surface area contributed by atoms with Gasteiger partial charge >= 0.3 is 12.1 Å². The predicted octanol–water partition coefficient (Wildman–Crippen LogP) is 3.28. The maximum Gasteiger partial charge on any atom is 0.410 e. The minimum atomic E-state index is -0.986. The zero-order chi connectivity index (χ0) is 16.6. The van der Waals surface area contributed by atoms with Gasteiger partial charge < -0.3 is 19.2 Å². The highest BCUT2D eigenvalue weighted by Crippen LogP contribution is 2.31. The second-order valence-corrected chi connectivity index (χ2v) is 6.16. The summed E-state index contributed by atoms with van der Waals surface area (Å²) in [5, 5.41) is 9.97. The molecule has 1 N–H and O–H groups in total. The van der Waals surface area contributed by atoms with Crippen LogP contribution in [-0.2, 0) is 17.7 Å². The molecule has 1 aromatic carbocycles. The van der Waals surface area contributed by atoms with E-state index in [0.29, 0.717) is 43.4 Å². The molecule has 6 nitrogen and oxygen atoms in total. The van der Waals surface area contributed by atoms with Crippen molar-refractivity contribution in [3.8, 4) is 0 Å². The van der Waals surface area contributed by atoms with Gasteiger partial charge in [-0.25, -0.2) is 9.59 Å². The van der Waals surface area contributed by atoms with E-state index in [1.165, 1.54) is 6.07 Å². The highest BCUT2D eigenvalue weighted by atomic mass is 16.6. The van der Waals surface area contributed by atoms with Gasteiger partial charge in [0.25, 0.3) is 0 Å². The number of amides is 1. The molecule has 23 heavy (non-hydrogen) atoms. The van der Waals surface area contributed by atoms with Crippen molar-refractivity contribution < 1.29 is 23.8 Å². The maximum absolute atomic E-state index is 12.1. The Labute approximate surface area is 133 Å². The summed E-state index contributed by atoms with van der Waals surface area (Å²) in [5.74, 6) is 0.00962. The molecule has 1 aliphatic heterocycles. The number of hydrogen-bond acceptors (Lipinski definition) is 4. The van der Waals surface area contributed by atoms with Crippen LogP contribution < -0.4 is 0 Å². The average Bonchev–Trinajstić information content (AvgIpc) is 2.88. The number of carbonyl (C=O) groups excluding carboxylic acids is 1. The molecular formula is C17H19NO5. The third-order valence-electron chi connectivity index (χ3n) is 3.89. The van der Waals surface area contributed by atoms with E-state index in [4.69, 9.17) is 14.3 Å². The predicted molar refractivity (Wildman–Crippen MR) is 83.5 cm³/mol. The minimum absolute atomic E-state index is 0.191. The van der Waals surface area contributed by atoms with E-state index in [1.807, 2.05) is 13.8 Å². The third kappa shape index (κ3) is 3.02. The minimum Gasteiger partial charge on any atom is -0.478 e. The normalized spacial score (nSPS) is 14.1. The summed E-state index contributed by atoms with van der Waals surface area (Å²) >= 11 is 0. The fraction of sp³-hybridized carbons (Fsp3) is 0.412. The lowest BCUT2D eigenvalue weighted by molar-refractivity contribution is 0.0696. The smallest absolute Gasteiger partial charge is 0.410 e. The molecule has 1 amide bonds. The fourth-order valence-electron chi connectivity index (χ4n) is 2.72. The second-order valence-electron chi connectivity index (χ2n) is 6.16. The molecule has 0 spiro atoms. The summed E-state index contributed by atoms with van der Waals surface area (Å²) in [5.41, 5.74) is 1.79. The first-order valence-electron chi connectivity index (χ1n) is 7.65. The second kappa shape index (κ2) is 5.95. The first-order valence-corrected chi connectivity index (χ1v) is 7.65. The SMILES string of the molecule is CC(C)COC(=O)N1CCc2c(oc3cc(C(=O)O)ccc23)C1. The molecule has 6 heteroatoms. The maximum atomic E-state index is 12.1. The van der Waals surface area contributed by atoms with Crippen LogP contribution in [0.25, 0.3) is 11.0 Å². The van der Waals surface area contributed by atoms with Crippen LogP contribution in [0.15, 0.2) is 22.6 Å². The van der Waals surface area contributed by atoms with E-state index in [9.17, 15) is 9.59 Å². The third-order valence-corrected chi connectivity index (χ3v) is 3.89. The molecule has 0 bridgehead atoms. The Bertz CT molecular complexity index is 762. The van der Waals surface area contributed by atoms with Crippen molar-refractivity contribution in [1.29, 1.82) is 0 Å². The first kappa shape index (κ1) is 15.4. The van der Waals surface area contributed by atoms with E-state index in [0.717, 1.165) is 10.9 Å². The lowest BCUT2D eigenvalue weighted by atomic mass is 10.0. The van der Waals surface area contributed by atoms with Crippen LogP contribution in [-0.4, -0.2) is 35.2 Å². The van der Waals surface area contributed by atoms with Crippen molar-refractivity contribution in [1.82, 2.24) is 4.90 Å². The number of ether oxygens (including phenoxy) is 1. The molecule has 1 aromatic heterocycles. The van der Waals surface area contributed by atoms with Crippen LogP contribution in [0.1, 0.15) is 35.5 Å². The summed E-state index contributed by atoms with van der Waals surface area (Å²) in [6, 6.07) is 4.87. The van der Waals surface area contributed by atoms with Crippen LogP contribution >= 0.6 is 0 Å². The van der Waals surface area contributed by atoms with Crippen molar-refractivity contribution in [2.75, 3.05) is 13.2 Å². The monoisotopic (exact) mass is 317 g/mol. The van der Waals surface area contributed by atoms with Gasteiger partial charge in [0.15, 0.2) is 0 Å². The zero-order valence-electron chi connectivity index (χ0n) is 13.2. The molecule has 0 saturated carbocycles. The molecule has 1 aliphatic rings. The molecule has 0 fully saturated rings. The number of carbonyl (C=O) groups is 2. The molecule has 122 valence electrons. The topological polar surface area (TPSA) is 80.0 Å².